The topological polar surface area (TPSA) is 72.2 Å². The molecule has 4 nitrogen and oxygen atoms in total. The highest BCUT2D eigenvalue weighted by molar-refractivity contribution is 5.82. The molecule has 0 aliphatic rings. The Bertz CT molecular complexity index is 122. The van der Waals surface area contributed by atoms with Crippen LogP contribution in [0.3, 0.4) is 0 Å². The lowest BCUT2D eigenvalue weighted by molar-refractivity contribution is -0.124. The molecule has 2 amide bonds. The largest absolute Gasteiger partial charge is 0.370 e. The van der Waals surface area contributed by atoms with Gasteiger partial charge in [0.1, 0.15) is 0 Å². The molecule has 0 spiro atoms. The second-order valence-electron chi connectivity index (χ2n) is 1.64. The van der Waals surface area contributed by atoms with Crippen molar-refractivity contribution in [3.05, 3.63) is 0 Å². The van der Waals surface area contributed by atoms with Crippen molar-refractivity contribution >= 4 is 11.8 Å². The summed E-state index contributed by atoms with van der Waals surface area (Å²) in [5.41, 5.74) is 4.78. The first-order valence-electron chi connectivity index (χ1n) is 2.65. The summed E-state index contributed by atoms with van der Waals surface area (Å²) in [5, 5.41) is 2.37. The van der Waals surface area contributed by atoms with E-state index in [0.717, 1.165) is 0 Å². The molecule has 0 aliphatic heterocycles. The minimum atomic E-state index is -0.446. The average molecular weight is 130 g/mol. The lowest BCUT2D eigenvalue weighted by Crippen LogP contribution is -2.20. The maximum atomic E-state index is 10.4. The molecule has 0 aliphatic carbocycles. The van der Waals surface area contributed by atoms with Gasteiger partial charge in [0.15, 0.2) is 0 Å². The van der Waals surface area contributed by atoms with E-state index < -0.39 is 5.91 Å². The van der Waals surface area contributed by atoms with Crippen molar-refractivity contribution in [3.8, 4) is 0 Å². The van der Waals surface area contributed by atoms with Crippen LogP contribution in [-0.4, -0.2) is 18.9 Å². The van der Waals surface area contributed by atoms with Crippen molar-refractivity contribution in [2.75, 3.05) is 7.05 Å². The van der Waals surface area contributed by atoms with Crippen molar-refractivity contribution in [3.63, 3.8) is 0 Å². The van der Waals surface area contributed by atoms with Gasteiger partial charge < -0.3 is 11.1 Å². The average Bonchev–Trinajstić information content (AvgIpc) is 1.83. The number of carbonyl (C=O) groups excluding carboxylic acids is 2. The van der Waals surface area contributed by atoms with Gasteiger partial charge in [0.2, 0.25) is 11.8 Å². The third kappa shape index (κ3) is 4.80. The fourth-order valence-electron chi connectivity index (χ4n) is 0.362. The molecule has 0 unspecified atom stereocenters. The van der Waals surface area contributed by atoms with Crippen LogP contribution >= 0.6 is 0 Å². The molecule has 0 aromatic carbocycles. The quantitative estimate of drug-likeness (QED) is 0.514. The van der Waals surface area contributed by atoms with Crippen molar-refractivity contribution < 1.29 is 9.59 Å². The zero-order valence-electron chi connectivity index (χ0n) is 5.31. The highest BCUT2D eigenvalue weighted by Crippen LogP contribution is 1.84. The fourth-order valence-corrected chi connectivity index (χ4v) is 0.362. The van der Waals surface area contributed by atoms with Crippen LogP contribution < -0.4 is 11.1 Å². The van der Waals surface area contributed by atoms with E-state index in [9.17, 15) is 9.59 Å². The molecule has 0 atom stereocenters. The molecule has 0 rings (SSSR count). The van der Waals surface area contributed by atoms with Crippen LogP contribution in [0.5, 0.6) is 0 Å². The standard InChI is InChI=1S/C5H10N2O2/c1-7-5(9)3-2-4(6)8/h2-3H2,1H3,(H2,6,8)(H,7,9). The van der Waals surface area contributed by atoms with Crippen LogP contribution in [-0.2, 0) is 9.59 Å². The lowest BCUT2D eigenvalue weighted by Gasteiger charge is -1.93. The monoisotopic (exact) mass is 130 g/mol. The lowest BCUT2D eigenvalue weighted by atomic mass is 10.3. The Kier molecular flexibility index (Phi) is 3.43. The molecule has 3 N–H and O–H groups in total. The maximum absolute atomic E-state index is 10.4. The van der Waals surface area contributed by atoms with E-state index in [2.05, 4.69) is 5.32 Å². The van der Waals surface area contributed by atoms with E-state index in [1.54, 1.807) is 0 Å². The normalized spacial score (nSPS) is 8.56. The third-order valence-corrected chi connectivity index (χ3v) is 0.877. The van der Waals surface area contributed by atoms with E-state index >= 15 is 0 Å². The number of hydrogen-bond donors (Lipinski definition) is 2. The molecule has 0 bridgehead atoms. The predicted molar refractivity (Wildman–Crippen MR) is 32.5 cm³/mol. The van der Waals surface area contributed by atoms with Crippen LogP contribution in [0.25, 0.3) is 0 Å². The van der Waals surface area contributed by atoms with Crippen LogP contribution in [0.2, 0.25) is 0 Å². The molecule has 0 fully saturated rings. The molecule has 52 valence electrons. The van der Waals surface area contributed by atoms with Gasteiger partial charge in [-0.05, 0) is 0 Å². The Morgan fingerprint density at radius 2 is 2.00 bits per heavy atom. The highest BCUT2D eigenvalue weighted by atomic mass is 16.2. The Labute approximate surface area is 53.4 Å². The second-order valence-corrected chi connectivity index (χ2v) is 1.64. The Hall–Kier alpha value is -1.06. The molecule has 9 heavy (non-hydrogen) atoms. The summed E-state index contributed by atoms with van der Waals surface area (Å²) in [6.45, 7) is 0. The van der Waals surface area contributed by atoms with Crippen LogP contribution in [0.4, 0.5) is 0 Å². The van der Waals surface area contributed by atoms with Crippen molar-refractivity contribution in [2.45, 2.75) is 12.8 Å². The number of primary amides is 1. The van der Waals surface area contributed by atoms with Gasteiger partial charge in [-0.25, -0.2) is 0 Å². The van der Waals surface area contributed by atoms with Crippen LogP contribution in [0.15, 0.2) is 0 Å². The Morgan fingerprint density at radius 1 is 1.44 bits per heavy atom. The summed E-state index contributed by atoms with van der Waals surface area (Å²) in [4.78, 5) is 20.5. The molecule has 0 aromatic heterocycles. The molecule has 0 radical (unpaired) electrons. The van der Waals surface area contributed by atoms with Gasteiger partial charge in [0.25, 0.3) is 0 Å². The zero-order chi connectivity index (χ0) is 7.28. The molecular formula is C5H10N2O2. The van der Waals surface area contributed by atoms with E-state index in [1.165, 1.54) is 7.05 Å². The predicted octanol–water partition coefficient (Wildman–Crippen LogP) is -1.00. The van der Waals surface area contributed by atoms with Crippen LogP contribution in [0.1, 0.15) is 12.8 Å². The van der Waals surface area contributed by atoms with Gasteiger partial charge >= 0.3 is 0 Å². The first-order chi connectivity index (χ1) is 4.16. The molecule has 0 aromatic rings. The van der Waals surface area contributed by atoms with Crippen LogP contribution in [0, 0.1) is 0 Å². The number of carbonyl (C=O) groups is 2. The van der Waals surface area contributed by atoms with Crippen molar-refractivity contribution in [1.82, 2.24) is 5.32 Å². The maximum Gasteiger partial charge on any atom is 0.220 e. The zero-order valence-corrected chi connectivity index (χ0v) is 5.31. The summed E-state index contributed by atoms with van der Waals surface area (Å²) < 4.78 is 0. The molecule has 0 saturated carbocycles. The van der Waals surface area contributed by atoms with E-state index in [0.29, 0.717) is 0 Å². The summed E-state index contributed by atoms with van der Waals surface area (Å²) >= 11 is 0. The van der Waals surface area contributed by atoms with E-state index in [1.807, 2.05) is 0 Å². The number of rotatable bonds is 3. The summed E-state index contributed by atoms with van der Waals surface area (Å²) in [7, 11) is 1.52. The van der Waals surface area contributed by atoms with Gasteiger partial charge in [0.05, 0.1) is 0 Å². The van der Waals surface area contributed by atoms with Gasteiger partial charge in [-0.1, -0.05) is 0 Å². The smallest absolute Gasteiger partial charge is 0.220 e. The highest BCUT2D eigenvalue weighted by Gasteiger charge is 1.99. The summed E-state index contributed by atoms with van der Waals surface area (Å²) in [6, 6.07) is 0. The number of amides is 2. The fraction of sp³-hybridized carbons (Fsp3) is 0.600. The second kappa shape index (κ2) is 3.88. The summed E-state index contributed by atoms with van der Waals surface area (Å²) in [5.74, 6) is -0.604. The number of hydrogen-bond acceptors (Lipinski definition) is 2. The summed E-state index contributed by atoms with van der Waals surface area (Å²) in [6.07, 6.45) is 0.311. The number of nitrogens with two attached hydrogens (primary N) is 1. The van der Waals surface area contributed by atoms with Crippen molar-refractivity contribution in [2.24, 2.45) is 5.73 Å². The Balaban J connectivity index is 3.28. The molecule has 4 heteroatoms. The molecular weight excluding hydrogens is 120 g/mol. The third-order valence-electron chi connectivity index (χ3n) is 0.877. The van der Waals surface area contributed by atoms with E-state index in [4.69, 9.17) is 5.73 Å². The van der Waals surface area contributed by atoms with Gasteiger partial charge in [-0.3, -0.25) is 9.59 Å². The minimum Gasteiger partial charge on any atom is -0.370 e. The molecule has 0 saturated heterocycles. The van der Waals surface area contributed by atoms with Gasteiger partial charge in [-0.2, -0.15) is 0 Å². The first kappa shape index (κ1) is 7.94. The Morgan fingerprint density at radius 3 is 2.33 bits per heavy atom. The SMILES string of the molecule is CNC(=O)CCC(N)=O. The van der Waals surface area contributed by atoms with Gasteiger partial charge in [0, 0.05) is 19.9 Å². The molecule has 0 heterocycles. The minimum absolute atomic E-state index is 0.125. The van der Waals surface area contributed by atoms with Crippen molar-refractivity contribution in [1.29, 1.82) is 0 Å². The van der Waals surface area contributed by atoms with E-state index in [-0.39, 0.29) is 18.7 Å². The first-order valence-corrected chi connectivity index (χ1v) is 2.65. The van der Waals surface area contributed by atoms with Gasteiger partial charge in [-0.15, -0.1) is 0 Å². The number of nitrogens with one attached hydrogen (secondary N) is 1.